The minimum atomic E-state index is -0.0847. The van der Waals surface area contributed by atoms with Gasteiger partial charge in [-0.05, 0) is 29.6 Å². The number of hydrogen-bond donors (Lipinski definition) is 1. The second-order valence-electron chi connectivity index (χ2n) is 4.27. The van der Waals surface area contributed by atoms with Crippen molar-refractivity contribution >= 4 is 17.2 Å². The Morgan fingerprint density at radius 3 is 3.00 bits per heavy atom. The van der Waals surface area contributed by atoms with Gasteiger partial charge in [0.15, 0.2) is 5.76 Å². The third-order valence-corrected chi connectivity index (χ3v) is 3.77. The Balaban J connectivity index is 1.66. The normalized spacial score (nSPS) is 10.7. The van der Waals surface area contributed by atoms with Crippen molar-refractivity contribution < 1.29 is 9.21 Å². The number of aromatic nitrogens is 2. The summed E-state index contributed by atoms with van der Waals surface area (Å²) in [6, 6.07) is 9.27. The lowest BCUT2D eigenvalue weighted by atomic mass is 10.3. The van der Waals surface area contributed by atoms with Gasteiger partial charge >= 0.3 is 0 Å². The first-order valence-corrected chi connectivity index (χ1v) is 7.01. The van der Waals surface area contributed by atoms with Crippen LogP contribution in [-0.2, 0) is 13.6 Å². The molecule has 3 rings (SSSR count). The van der Waals surface area contributed by atoms with Crippen molar-refractivity contribution in [1.82, 2.24) is 15.1 Å². The molecule has 0 bridgehead atoms. The molecule has 0 saturated carbocycles. The van der Waals surface area contributed by atoms with E-state index in [1.54, 1.807) is 16.9 Å². The lowest BCUT2D eigenvalue weighted by molar-refractivity contribution is 0.0952. The van der Waals surface area contributed by atoms with Crippen LogP contribution >= 0.6 is 11.3 Å². The Bertz CT molecular complexity index is 712. The van der Waals surface area contributed by atoms with Crippen LogP contribution in [0.2, 0.25) is 0 Å². The topological polar surface area (TPSA) is 60.1 Å². The van der Waals surface area contributed by atoms with Crippen LogP contribution in [0.15, 0.2) is 46.3 Å². The van der Waals surface area contributed by atoms with Crippen LogP contribution in [0.4, 0.5) is 0 Å². The van der Waals surface area contributed by atoms with Crippen LogP contribution in [-0.4, -0.2) is 15.7 Å². The fourth-order valence-electron chi connectivity index (χ4n) is 1.89. The fourth-order valence-corrected chi connectivity index (χ4v) is 2.53. The quantitative estimate of drug-likeness (QED) is 0.802. The van der Waals surface area contributed by atoms with Crippen molar-refractivity contribution in [2.75, 3.05) is 0 Å². The highest BCUT2D eigenvalue weighted by Crippen LogP contribution is 2.21. The van der Waals surface area contributed by atoms with Crippen molar-refractivity contribution in [3.05, 3.63) is 52.5 Å². The summed E-state index contributed by atoms with van der Waals surface area (Å²) in [7, 11) is 1.86. The van der Waals surface area contributed by atoms with Gasteiger partial charge in [-0.25, -0.2) is 0 Å². The Hall–Kier alpha value is -2.34. The predicted octanol–water partition coefficient (Wildman–Crippen LogP) is 2.67. The molecule has 6 heteroatoms. The summed E-state index contributed by atoms with van der Waals surface area (Å²) in [6.07, 6.45) is 1.72. The first kappa shape index (κ1) is 12.7. The lowest BCUT2D eigenvalue weighted by Gasteiger charge is -2.01. The number of hydrogen-bond acceptors (Lipinski definition) is 4. The van der Waals surface area contributed by atoms with Crippen LogP contribution in [0.25, 0.3) is 11.5 Å². The second kappa shape index (κ2) is 5.34. The molecule has 0 aliphatic rings. The van der Waals surface area contributed by atoms with Crippen molar-refractivity contribution in [3.8, 4) is 11.5 Å². The molecule has 0 unspecified atom stereocenters. The largest absolute Gasteiger partial charge is 0.458 e. The molecule has 0 aliphatic heterocycles. The van der Waals surface area contributed by atoms with Crippen molar-refractivity contribution in [3.63, 3.8) is 0 Å². The molecule has 3 aromatic heterocycles. The molecular weight excluding hydrogens is 274 g/mol. The Labute approximate surface area is 119 Å². The third kappa shape index (κ3) is 2.50. The first-order chi connectivity index (χ1) is 9.74. The number of nitrogens with one attached hydrogen (secondary N) is 1. The average molecular weight is 287 g/mol. The van der Waals surface area contributed by atoms with Crippen molar-refractivity contribution in [1.29, 1.82) is 0 Å². The van der Waals surface area contributed by atoms with Crippen LogP contribution in [0, 0.1) is 0 Å². The van der Waals surface area contributed by atoms with E-state index in [4.69, 9.17) is 4.42 Å². The smallest absolute Gasteiger partial charge is 0.261 e. The van der Waals surface area contributed by atoms with Gasteiger partial charge in [0.2, 0.25) is 0 Å². The van der Waals surface area contributed by atoms with Gasteiger partial charge < -0.3 is 9.73 Å². The van der Waals surface area contributed by atoms with Gasteiger partial charge in [-0.15, -0.1) is 11.3 Å². The summed E-state index contributed by atoms with van der Waals surface area (Å²) in [5, 5.41) is 8.81. The molecule has 0 atom stereocenters. The highest BCUT2D eigenvalue weighted by atomic mass is 32.1. The Kier molecular flexibility index (Phi) is 3.39. The van der Waals surface area contributed by atoms with Gasteiger partial charge in [0.1, 0.15) is 11.5 Å². The molecule has 0 aromatic carbocycles. The number of amides is 1. The molecule has 3 heterocycles. The van der Waals surface area contributed by atoms with E-state index < -0.39 is 0 Å². The van der Waals surface area contributed by atoms with E-state index in [0.29, 0.717) is 17.2 Å². The summed E-state index contributed by atoms with van der Waals surface area (Å²) in [5.41, 5.74) is 0.904. The van der Waals surface area contributed by atoms with Crippen molar-refractivity contribution in [2.24, 2.45) is 7.05 Å². The number of nitrogens with zero attached hydrogens (tertiary/aromatic N) is 2. The van der Waals surface area contributed by atoms with Gasteiger partial charge in [-0.1, -0.05) is 6.07 Å². The summed E-state index contributed by atoms with van der Waals surface area (Å²) in [5.74, 6) is 1.37. The fraction of sp³-hybridized carbons (Fsp3) is 0.143. The van der Waals surface area contributed by atoms with Gasteiger partial charge in [-0.3, -0.25) is 9.48 Å². The third-order valence-electron chi connectivity index (χ3n) is 2.90. The maximum absolute atomic E-state index is 11.8. The first-order valence-electron chi connectivity index (χ1n) is 6.13. The van der Waals surface area contributed by atoms with Gasteiger partial charge in [0, 0.05) is 13.2 Å². The molecule has 0 aliphatic carbocycles. The summed E-state index contributed by atoms with van der Waals surface area (Å²) >= 11 is 1.42. The SMILES string of the molecule is Cn1nccc1-c1ccc(CNC(=O)c2cccs2)o1. The molecule has 0 saturated heterocycles. The number of rotatable bonds is 4. The van der Waals surface area contributed by atoms with E-state index in [9.17, 15) is 4.79 Å². The Morgan fingerprint density at radius 1 is 1.40 bits per heavy atom. The highest BCUT2D eigenvalue weighted by molar-refractivity contribution is 7.12. The molecule has 5 nitrogen and oxygen atoms in total. The summed E-state index contributed by atoms with van der Waals surface area (Å²) in [4.78, 5) is 12.5. The maximum atomic E-state index is 11.8. The number of furan rings is 1. The number of carbonyl (C=O) groups excluding carboxylic acids is 1. The molecule has 1 N–H and O–H groups in total. The van der Waals surface area contributed by atoms with E-state index in [-0.39, 0.29) is 5.91 Å². The summed E-state index contributed by atoms with van der Waals surface area (Å²) in [6.45, 7) is 0.370. The van der Waals surface area contributed by atoms with Crippen LogP contribution in [0.1, 0.15) is 15.4 Å². The number of aryl methyl sites for hydroxylation is 1. The number of carbonyl (C=O) groups is 1. The standard InChI is InChI=1S/C14H13N3O2S/c1-17-11(6-7-16-17)12-5-4-10(19-12)9-15-14(18)13-3-2-8-20-13/h2-8H,9H2,1H3,(H,15,18). The average Bonchev–Trinajstić information content (AvgIpc) is 3.17. The van der Waals surface area contributed by atoms with Crippen LogP contribution < -0.4 is 5.32 Å². The van der Waals surface area contributed by atoms with E-state index in [1.165, 1.54) is 11.3 Å². The van der Waals surface area contributed by atoms with Gasteiger partial charge in [-0.2, -0.15) is 5.10 Å². The molecule has 102 valence electrons. The maximum Gasteiger partial charge on any atom is 0.261 e. The molecule has 0 radical (unpaired) electrons. The highest BCUT2D eigenvalue weighted by Gasteiger charge is 2.10. The second-order valence-corrected chi connectivity index (χ2v) is 5.21. The zero-order valence-corrected chi connectivity index (χ0v) is 11.7. The predicted molar refractivity (Wildman–Crippen MR) is 76.4 cm³/mol. The van der Waals surface area contributed by atoms with Crippen LogP contribution in [0.3, 0.4) is 0 Å². The molecule has 0 fully saturated rings. The minimum Gasteiger partial charge on any atom is -0.458 e. The van der Waals surface area contributed by atoms with Gasteiger partial charge in [0.25, 0.3) is 5.91 Å². The van der Waals surface area contributed by atoms with E-state index in [2.05, 4.69) is 10.4 Å². The van der Waals surface area contributed by atoms with E-state index in [0.717, 1.165) is 11.5 Å². The molecule has 20 heavy (non-hydrogen) atoms. The lowest BCUT2D eigenvalue weighted by Crippen LogP contribution is -2.21. The number of thiophene rings is 1. The molecule has 0 spiro atoms. The molecule has 3 aromatic rings. The molecular formula is C14H13N3O2S. The monoisotopic (exact) mass is 287 g/mol. The summed E-state index contributed by atoms with van der Waals surface area (Å²) < 4.78 is 7.45. The zero-order valence-electron chi connectivity index (χ0n) is 10.9. The van der Waals surface area contributed by atoms with E-state index >= 15 is 0 Å². The van der Waals surface area contributed by atoms with Crippen LogP contribution in [0.5, 0.6) is 0 Å². The Morgan fingerprint density at radius 2 is 2.30 bits per heavy atom. The van der Waals surface area contributed by atoms with Gasteiger partial charge in [0.05, 0.1) is 11.4 Å². The molecule has 1 amide bonds. The van der Waals surface area contributed by atoms with Crippen molar-refractivity contribution in [2.45, 2.75) is 6.54 Å². The zero-order chi connectivity index (χ0) is 13.9. The van der Waals surface area contributed by atoms with E-state index in [1.807, 2.05) is 36.7 Å². The minimum absolute atomic E-state index is 0.0847.